The van der Waals surface area contributed by atoms with E-state index in [1.807, 2.05) is 36.2 Å². The third-order valence-corrected chi connectivity index (χ3v) is 11.6. The highest BCUT2D eigenvalue weighted by Gasteiger charge is 2.34. The molecule has 0 spiro atoms. The summed E-state index contributed by atoms with van der Waals surface area (Å²) in [6, 6.07) is 12.9. The van der Waals surface area contributed by atoms with Gasteiger partial charge in [0.15, 0.2) is 11.6 Å². The van der Waals surface area contributed by atoms with Crippen molar-refractivity contribution in [1.29, 1.82) is 0 Å². The third-order valence-electron chi connectivity index (χ3n) is 11.6. The van der Waals surface area contributed by atoms with Crippen molar-refractivity contribution >= 4 is 62.6 Å². The van der Waals surface area contributed by atoms with Gasteiger partial charge in [0.2, 0.25) is 11.8 Å². The molecule has 61 heavy (non-hydrogen) atoms. The van der Waals surface area contributed by atoms with Crippen molar-refractivity contribution in [2.75, 3.05) is 76.3 Å². The largest absolute Gasteiger partial charge is 0.573 e. The van der Waals surface area contributed by atoms with Crippen LogP contribution in [0.25, 0.3) is 38.5 Å². The SMILES string of the molecule is CC(=O)N1CCC=C(c2cc(-c3ccc(N4CCN(CCc5cccc6c(N7CCC(=O)NC7=O)nn(C)c56)CC4)cc3OC(F)(F)F)c3cc(C(=O)N(C)C)[nH]c3c2F)C1. The number of rotatable bonds is 9. The number of aromatic nitrogens is 3. The van der Waals surface area contributed by atoms with Gasteiger partial charge in [0.25, 0.3) is 5.91 Å². The fraction of sp³-hybridized carbons (Fsp3) is 0.372. The highest BCUT2D eigenvalue weighted by Crippen LogP contribution is 2.43. The number of urea groups is 1. The maximum atomic E-state index is 16.4. The smallest absolute Gasteiger partial charge is 0.405 e. The molecule has 5 amide bonds. The van der Waals surface area contributed by atoms with E-state index in [1.54, 1.807) is 15.6 Å². The van der Waals surface area contributed by atoms with E-state index in [9.17, 15) is 32.3 Å². The van der Waals surface area contributed by atoms with E-state index in [2.05, 4.69) is 20.3 Å². The Hall–Kier alpha value is -6.43. The Labute approximate surface area is 348 Å². The predicted octanol–water partition coefficient (Wildman–Crippen LogP) is 5.91. The third kappa shape index (κ3) is 8.23. The van der Waals surface area contributed by atoms with E-state index >= 15 is 4.39 Å². The molecule has 2 fully saturated rings. The normalized spacial score (nSPS) is 16.7. The molecule has 5 aromatic rings. The number of para-hydroxylation sites is 1. The molecule has 2 aromatic heterocycles. The second-order valence-corrected chi connectivity index (χ2v) is 15.7. The Balaban J connectivity index is 1.05. The summed E-state index contributed by atoms with van der Waals surface area (Å²) in [5.41, 5.74) is 3.32. The molecule has 2 saturated heterocycles. The van der Waals surface area contributed by atoms with Crippen molar-refractivity contribution in [1.82, 2.24) is 34.8 Å². The van der Waals surface area contributed by atoms with Crippen LogP contribution in [0.15, 0.2) is 54.6 Å². The van der Waals surface area contributed by atoms with E-state index in [-0.39, 0.29) is 64.6 Å². The van der Waals surface area contributed by atoms with E-state index < -0.39 is 29.9 Å². The number of imide groups is 1. The first-order valence-corrected chi connectivity index (χ1v) is 20.0. The molecule has 8 rings (SSSR count). The molecule has 5 heterocycles. The topological polar surface area (TPSA) is 139 Å². The number of H-pyrrole nitrogens is 1. The van der Waals surface area contributed by atoms with E-state index in [1.165, 1.54) is 55.1 Å². The molecule has 3 aromatic carbocycles. The number of carbonyl (C=O) groups is 4. The summed E-state index contributed by atoms with van der Waals surface area (Å²) in [5, 5.41) is 7.98. The lowest BCUT2D eigenvalue weighted by Crippen LogP contribution is -2.49. The van der Waals surface area contributed by atoms with Crippen molar-refractivity contribution in [3.63, 3.8) is 0 Å². The van der Waals surface area contributed by atoms with Crippen LogP contribution in [0.1, 0.15) is 41.4 Å². The summed E-state index contributed by atoms with van der Waals surface area (Å²) >= 11 is 0. The maximum Gasteiger partial charge on any atom is 0.573 e. The minimum absolute atomic E-state index is 0.0514. The monoisotopic (exact) mass is 843 g/mol. The number of fused-ring (bicyclic) bond motifs is 2. The van der Waals surface area contributed by atoms with Crippen LogP contribution in [0, 0.1) is 5.82 Å². The number of aromatic amines is 1. The first-order valence-electron chi connectivity index (χ1n) is 20.0. The standard InChI is InChI=1S/C43H45F4N9O5/c1-25(57)55-14-6-8-27(24-55)31-22-32(33-23-34(41(59)51(2)3)48-38(33)37(31)44)29-11-10-28(21-35(29)61-43(45,46)47)54-19-17-53(18-20-54)15-12-26-7-5-9-30-39(26)52(4)50-40(30)56-16-13-36(58)49-42(56)60/h5,7-11,21-23,48H,6,12-20,24H2,1-4H3,(H,49,58,60). The van der Waals surface area contributed by atoms with E-state index in [0.29, 0.717) is 69.2 Å². The van der Waals surface area contributed by atoms with Crippen LogP contribution in [0.3, 0.4) is 0 Å². The van der Waals surface area contributed by atoms with E-state index in [4.69, 9.17) is 4.74 Å². The van der Waals surface area contributed by atoms with Gasteiger partial charge < -0.3 is 24.4 Å². The van der Waals surface area contributed by atoms with Crippen molar-refractivity contribution in [3.05, 3.63) is 77.2 Å². The van der Waals surface area contributed by atoms with Crippen molar-refractivity contribution < 1.29 is 41.5 Å². The van der Waals surface area contributed by atoms with E-state index in [0.717, 1.165) is 16.5 Å². The van der Waals surface area contributed by atoms with Crippen LogP contribution < -0.4 is 19.9 Å². The maximum absolute atomic E-state index is 16.4. The van der Waals surface area contributed by atoms with Crippen molar-refractivity contribution in [2.45, 2.75) is 32.5 Å². The lowest BCUT2D eigenvalue weighted by molar-refractivity contribution is -0.274. The second-order valence-electron chi connectivity index (χ2n) is 15.7. The van der Waals surface area contributed by atoms with Crippen LogP contribution >= 0.6 is 0 Å². The number of anilines is 2. The van der Waals surface area contributed by atoms with Gasteiger partial charge in [-0.1, -0.05) is 18.2 Å². The van der Waals surface area contributed by atoms with Gasteiger partial charge in [0, 0.05) is 120 Å². The fourth-order valence-electron chi connectivity index (χ4n) is 8.50. The number of piperazine rings is 1. The molecule has 18 heteroatoms. The van der Waals surface area contributed by atoms with Gasteiger partial charge in [0.1, 0.15) is 11.4 Å². The van der Waals surface area contributed by atoms with Crippen molar-refractivity contribution in [3.8, 4) is 16.9 Å². The lowest BCUT2D eigenvalue weighted by Gasteiger charge is -2.36. The summed E-state index contributed by atoms with van der Waals surface area (Å²) in [6.45, 7) is 5.23. The lowest BCUT2D eigenvalue weighted by atomic mass is 9.92. The highest BCUT2D eigenvalue weighted by atomic mass is 19.4. The molecular weight excluding hydrogens is 799 g/mol. The predicted molar refractivity (Wildman–Crippen MR) is 222 cm³/mol. The van der Waals surface area contributed by atoms with Crippen LogP contribution in [0.2, 0.25) is 0 Å². The number of amides is 5. The minimum Gasteiger partial charge on any atom is -0.405 e. The number of halogens is 4. The average Bonchev–Trinajstić information content (AvgIpc) is 3.82. The number of nitrogens with one attached hydrogen (secondary N) is 2. The molecule has 0 saturated carbocycles. The summed E-state index contributed by atoms with van der Waals surface area (Å²) in [7, 11) is 4.90. The highest BCUT2D eigenvalue weighted by molar-refractivity contribution is 6.09. The van der Waals surface area contributed by atoms with Gasteiger partial charge in [-0.25, -0.2) is 9.18 Å². The summed E-state index contributed by atoms with van der Waals surface area (Å²) in [6.07, 6.45) is -1.91. The van der Waals surface area contributed by atoms with Crippen LogP contribution in [-0.4, -0.2) is 126 Å². The Bertz CT molecular complexity index is 2610. The molecule has 0 atom stereocenters. The fourth-order valence-corrected chi connectivity index (χ4v) is 8.50. The zero-order valence-corrected chi connectivity index (χ0v) is 34.2. The molecule has 0 radical (unpaired) electrons. The molecule has 3 aliphatic rings. The van der Waals surface area contributed by atoms with Gasteiger partial charge in [-0.15, -0.1) is 13.2 Å². The van der Waals surface area contributed by atoms with Gasteiger partial charge in [-0.2, -0.15) is 5.10 Å². The van der Waals surface area contributed by atoms with Crippen LogP contribution in [0.5, 0.6) is 5.75 Å². The number of hydrogen-bond donors (Lipinski definition) is 2. The molecule has 3 aliphatic heterocycles. The summed E-state index contributed by atoms with van der Waals surface area (Å²) < 4.78 is 65.4. The molecular formula is C43H45F4N9O5. The first kappa shape index (κ1) is 41.3. The number of hydrogen-bond acceptors (Lipinski definition) is 8. The first-order chi connectivity index (χ1) is 29.1. The van der Waals surface area contributed by atoms with Gasteiger partial charge in [0.05, 0.1) is 11.0 Å². The van der Waals surface area contributed by atoms with Gasteiger partial charge >= 0.3 is 12.4 Å². The molecule has 0 aliphatic carbocycles. The second kappa shape index (κ2) is 16.2. The van der Waals surface area contributed by atoms with Gasteiger partial charge in [-0.3, -0.25) is 34.2 Å². The van der Waals surface area contributed by atoms with Crippen LogP contribution in [-0.2, 0) is 23.1 Å². The number of alkyl halides is 3. The van der Waals surface area contributed by atoms with Crippen molar-refractivity contribution in [2.24, 2.45) is 7.05 Å². The summed E-state index contributed by atoms with van der Waals surface area (Å²) in [4.78, 5) is 61.1. The molecule has 14 nitrogen and oxygen atoms in total. The molecule has 0 unspecified atom stereocenters. The number of benzene rings is 3. The Morgan fingerprint density at radius 1 is 0.934 bits per heavy atom. The number of nitrogens with zero attached hydrogens (tertiary/aromatic N) is 7. The Morgan fingerprint density at radius 3 is 2.41 bits per heavy atom. The zero-order valence-electron chi connectivity index (χ0n) is 34.2. The number of carbonyl (C=O) groups excluding carboxylic acids is 4. The molecule has 0 bridgehead atoms. The minimum atomic E-state index is -5.05. The Morgan fingerprint density at radius 2 is 1.70 bits per heavy atom. The number of aryl methyl sites for hydroxylation is 1. The molecule has 320 valence electrons. The van der Waals surface area contributed by atoms with Crippen LogP contribution in [0.4, 0.5) is 33.9 Å². The average molecular weight is 844 g/mol. The zero-order chi connectivity index (χ0) is 43.3. The Kier molecular flexibility index (Phi) is 11.0. The number of ether oxygens (including phenoxy) is 1. The van der Waals surface area contributed by atoms with Gasteiger partial charge in [-0.05, 0) is 59.9 Å². The quantitative estimate of drug-likeness (QED) is 0.175. The molecule has 2 N–H and O–H groups in total. The summed E-state index contributed by atoms with van der Waals surface area (Å²) in [5.74, 6) is -1.64.